The largest absolute Gasteiger partial charge is 0.378 e. The van der Waals surface area contributed by atoms with Gasteiger partial charge < -0.3 is 4.90 Å². The first kappa shape index (κ1) is 13.3. The average molecular weight is 276 g/mol. The zero-order valence-electron chi connectivity index (χ0n) is 10.7. The second-order valence-corrected chi connectivity index (χ2v) is 4.48. The number of hydrogen-bond acceptors (Lipinski definition) is 5. The van der Waals surface area contributed by atoms with Crippen LogP contribution in [-0.2, 0) is 0 Å². The second kappa shape index (κ2) is 6.15. The molecule has 0 saturated heterocycles. The predicted octanol–water partition coefficient (Wildman–Crippen LogP) is 2.64. The lowest BCUT2D eigenvalue weighted by molar-refractivity contribution is 1.02. The molecule has 0 atom stereocenters. The highest BCUT2D eigenvalue weighted by Gasteiger charge is 1.95. The first-order chi connectivity index (χ1) is 9.15. The van der Waals surface area contributed by atoms with Gasteiger partial charge in [-0.3, -0.25) is 5.43 Å². The van der Waals surface area contributed by atoms with Gasteiger partial charge in [-0.2, -0.15) is 5.10 Å². The number of rotatable bonds is 4. The number of halogens is 1. The van der Waals surface area contributed by atoms with Crippen molar-refractivity contribution < 1.29 is 0 Å². The van der Waals surface area contributed by atoms with E-state index >= 15 is 0 Å². The van der Waals surface area contributed by atoms with E-state index in [1.807, 2.05) is 43.3 Å². The highest BCUT2D eigenvalue weighted by molar-refractivity contribution is 6.29. The molecule has 2 rings (SSSR count). The summed E-state index contributed by atoms with van der Waals surface area (Å²) >= 11 is 5.64. The standard InChI is InChI=1S/C13H14ClN5/c1-19(2)11-5-3-10(4-6-11)9-15-17-13-8-7-12(14)16-18-13/h3-9H,1-2H3,(H,17,18)/b15-9+. The van der Waals surface area contributed by atoms with Crippen LogP contribution in [0.4, 0.5) is 11.5 Å². The minimum absolute atomic E-state index is 0.355. The van der Waals surface area contributed by atoms with E-state index in [1.54, 1.807) is 18.3 Å². The fourth-order valence-corrected chi connectivity index (χ4v) is 1.51. The summed E-state index contributed by atoms with van der Waals surface area (Å²) < 4.78 is 0. The molecule has 0 aliphatic carbocycles. The zero-order chi connectivity index (χ0) is 13.7. The van der Waals surface area contributed by atoms with Crippen LogP contribution in [-0.4, -0.2) is 30.5 Å². The van der Waals surface area contributed by atoms with Crippen molar-refractivity contribution in [1.82, 2.24) is 10.2 Å². The van der Waals surface area contributed by atoms with Crippen LogP contribution in [0.25, 0.3) is 0 Å². The number of anilines is 2. The summed E-state index contributed by atoms with van der Waals surface area (Å²) in [5.41, 5.74) is 4.93. The molecule has 0 amide bonds. The maximum atomic E-state index is 5.64. The van der Waals surface area contributed by atoms with Crippen molar-refractivity contribution in [3.8, 4) is 0 Å². The van der Waals surface area contributed by atoms with Crippen molar-refractivity contribution in [3.05, 3.63) is 47.1 Å². The summed E-state index contributed by atoms with van der Waals surface area (Å²) in [5, 5.41) is 12.0. The molecule has 0 bridgehead atoms. The molecule has 1 heterocycles. The summed E-state index contributed by atoms with van der Waals surface area (Å²) in [5.74, 6) is 0.547. The fraction of sp³-hybridized carbons (Fsp3) is 0.154. The Morgan fingerprint density at radius 3 is 2.42 bits per heavy atom. The van der Waals surface area contributed by atoms with Gasteiger partial charge in [-0.25, -0.2) is 0 Å². The molecule has 5 nitrogen and oxygen atoms in total. The molecule has 0 radical (unpaired) electrons. The SMILES string of the molecule is CN(C)c1ccc(/C=N/Nc2ccc(Cl)nn2)cc1. The van der Waals surface area contributed by atoms with Crippen molar-refractivity contribution in [2.45, 2.75) is 0 Å². The van der Waals surface area contributed by atoms with Crippen LogP contribution in [0, 0.1) is 0 Å². The lowest BCUT2D eigenvalue weighted by Crippen LogP contribution is -2.08. The monoisotopic (exact) mass is 275 g/mol. The van der Waals surface area contributed by atoms with E-state index in [0.717, 1.165) is 11.3 Å². The molecule has 0 aliphatic heterocycles. The number of hydrogen-bond donors (Lipinski definition) is 1. The van der Waals surface area contributed by atoms with Gasteiger partial charge in [0.05, 0.1) is 6.21 Å². The van der Waals surface area contributed by atoms with Gasteiger partial charge in [-0.1, -0.05) is 23.7 Å². The Morgan fingerprint density at radius 1 is 1.11 bits per heavy atom. The summed E-state index contributed by atoms with van der Waals surface area (Å²) in [6.45, 7) is 0. The average Bonchev–Trinajstić information content (AvgIpc) is 2.41. The molecule has 19 heavy (non-hydrogen) atoms. The Morgan fingerprint density at radius 2 is 1.84 bits per heavy atom. The Labute approximate surface area is 116 Å². The van der Waals surface area contributed by atoms with E-state index in [4.69, 9.17) is 11.6 Å². The number of hydrazone groups is 1. The predicted molar refractivity (Wildman–Crippen MR) is 79.0 cm³/mol. The Bertz CT molecular complexity index is 548. The van der Waals surface area contributed by atoms with Gasteiger partial charge in [-0.15, -0.1) is 10.2 Å². The lowest BCUT2D eigenvalue weighted by atomic mass is 10.2. The molecule has 0 saturated carbocycles. The number of benzene rings is 1. The first-order valence-corrected chi connectivity index (χ1v) is 6.08. The van der Waals surface area contributed by atoms with Crippen LogP contribution in [0.1, 0.15) is 5.56 Å². The molecular formula is C13H14ClN5. The fourth-order valence-electron chi connectivity index (χ4n) is 1.41. The maximum absolute atomic E-state index is 5.64. The molecule has 1 aromatic heterocycles. The second-order valence-electron chi connectivity index (χ2n) is 4.10. The van der Waals surface area contributed by atoms with Crippen LogP contribution < -0.4 is 10.3 Å². The summed E-state index contributed by atoms with van der Waals surface area (Å²) in [6, 6.07) is 11.4. The minimum atomic E-state index is 0.355. The van der Waals surface area contributed by atoms with Gasteiger partial charge in [0.1, 0.15) is 0 Å². The van der Waals surface area contributed by atoms with Crippen molar-refractivity contribution in [2.75, 3.05) is 24.4 Å². The number of nitrogens with one attached hydrogen (secondary N) is 1. The molecule has 1 N–H and O–H groups in total. The molecule has 6 heteroatoms. The topological polar surface area (TPSA) is 53.4 Å². The Hall–Kier alpha value is -2.14. The maximum Gasteiger partial charge on any atom is 0.168 e. The van der Waals surface area contributed by atoms with Gasteiger partial charge in [0.25, 0.3) is 0 Å². The summed E-state index contributed by atoms with van der Waals surface area (Å²) in [7, 11) is 4.01. The first-order valence-electron chi connectivity index (χ1n) is 5.71. The van der Waals surface area contributed by atoms with Crippen molar-refractivity contribution in [2.24, 2.45) is 5.10 Å². The third-order valence-corrected chi connectivity index (χ3v) is 2.64. The number of nitrogens with zero attached hydrogens (tertiary/aromatic N) is 4. The lowest BCUT2D eigenvalue weighted by Gasteiger charge is -2.11. The Balaban J connectivity index is 1.97. The third-order valence-electron chi connectivity index (χ3n) is 2.43. The van der Waals surface area contributed by atoms with Gasteiger partial charge in [0, 0.05) is 19.8 Å². The van der Waals surface area contributed by atoms with Crippen LogP contribution in [0.5, 0.6) is 0 Å². The minimum Gasteiger partial charge on any atom is -0.378 e. The van der Waals surface area contributed by atoms with Crippen LogP contribution in [0.3, 0.4) is 0 Å². The summed E-state index contributed by atoms with van der Waals surface area (Å²) in [4.78, 5) is 2.04. The molecule has 0 fully saturated rings. The van der Waals surface area contributed by atoms with E-state index in [2.05, 4.69) is 20.7 Å². The van der Waals surface area contributed by atoms with Gasteiger partial charge in [-0.05, 0) is 29.8 Å². The molecule has 0 aliphatic rings. The van der Waals surface area contributed by atoms with Crippen molar-refractivity contribution >= 4 is 29.3 Å². The van der Waals surface area contributed by atoms with E-state index < -0.39 is 0 Å². The highest BCUT2D eigenvalue weighted by Crippen LogP contribution is 2.11. The normalized spacial score (nSPS) is 10.7. The van der Waals surface area contributed by atoms with E-state index in [9.17, 15) is 0 Å². The van der Waals surface area contributed by atoms with Crippen LogP contribution in [0.15, 0.2) is 41.5 Å². The molecule has 0 spiro atoms. The zero-order valence-corrected chi connectivity index (χ0v) is 11.5. The van der Waals surface area contributed by atoms with Gasteiger partial charge >= 0.3 is 0 Å². The van der Waals surface area contributed by atoms with Crippen molar-refractivity contribution in [3.63, 3.8) is 0 Å². The van der Waals surface area contributed by atoms with E-state index in [-0.39, 0.29) is 0 Å². The molecule has 0 unspecified atom stereocenters. The molecule has 1 aromatic carbocycles. The number of aromatic nitrogens is 2. The third kappa shape index (κ3) is 3.93. The molecule has 98 valence electrons. The highest BCUT2D eigenvalue weighted by atomic mass is 35.5. The van der Waals surface area contributed by atoms with Gasteiger partial charge in [0.2, 0.25) is 0 Å². The van der Waals surface area contributed by atoms with Gasteiger partial charge in [0.15, 0.2) is 11.0 Å². The smallest absolute Gasteiger partial charge is 0.168 e. The van der Waals surface area contributed by atoms with Crippen LogP contribution in [0.2, 0.25) is 5.15 Å². The quantitative estimate of drug-likeness (QED) is 0.688. The van der Waals surface area contributed by atoms with Crippen molar-refractivity contribution in [1.29, 1.82) is 0 Å². The van der Waals surface area contributed by atoms with Crippen LogP contribution >= 0.6 is 11.6 Å². The Kier molecular flexibility index (Phi) is 4.30. The molecule has 2 aromatic rings. The molecular weight excluding hydrogens is 262 g/mol. The summed E-state index contributed by atoms with van der Waals surface area (Å²) in [6.07, 6.45) is 1.72. The van der Waals surface area contributed by atoms with E-state index in [1.165, 1.54) is 0 Å². The van der Waals surface area contributed by atoms with E-state index in [0.29, 0.717) is 11.0 Å².